The molecular weight excluding hydrogens is 402 g/mol. The predicted molar refractivity (Wildman–Crippen MR) is 111 cm³/mol. The smallest absolute Gasteiger partial charge is 0.328 e. The molecule has 3 heterocycles. The van der Waals surface area contributed by atoms with Crippen LogP contribution in [0.3, 0.4) is 0 Å². The summed E-state index contributed by atoms with van der Waals surface area (Å²) in [6.07, 6.45) is -0.0290. The van der Waals surface area contributed by atoms with Crippen molar-refractivity contribution in [1.82, 2.24) is 10.6 Å². The number of amides is 4. The molecular formula is C21H19N5O5. The fraction of sp³-hybridized carbons (Fsp3) is 0.286. The Kier molecular flexibility index (Phi) is 4.17. The Hall–Kier alpha value is -3.95. The summed E-state index contributed by atoms with van der Waals surface area (Å²) in [7, 11) is 0. The zero-order valence-corrected chi connectivity index (χ0v) is 16.4. The Labute approximate surface area is 177 Å². The van der Waals surface area contributed by atoms with Gasteiger partial charge in [-0.05, 0) is 23.8 Å². The lowest BCUT2D eigenvalue weighted by molar-refractivity contribution is -0.384. The number of hydrogen-bond acceptors (Lipinski definition) is 7. The molecule has 3 aliphatic rings. The van der Waals surface area contributed by atoms with Crippen LogP contribution in [-0.2, 0) is 16.0 Å². The Morgan fingerprint density at radius 3 is 2.39 bits per heavy atom. The SMILES string of the molecule is O=C1NC(=O)C2(Cc3cc([N+](=O)[O-])ccc3N3CCN(c4ccccc4)CC32)C(=O)N1. The van der Waals surface area contributed by atoms with E-state index in [9.17, 15) is 24.5 Å². The number of nitrogens with one attached hydrogen (secondary N) is 2. The van der Waals surface area contributed by atoms with Crippen molar-refractivity contribution in [2.24, 2.45) is 5.41 Å². The lowest BCUT2D eigenvalue weighted by Crippen LogP contribution is -2.74. The van der Waals surface area contributed by atoms with Gasteiger partial charge in [-0.25, -0.2) is 4.79 Å². The quantitative estimate of drug-likeness (QED) is 0.424. The van der Waals surface area contributed by atoms with Gasteiger partial charge in [0.05, 0.1) is 11.0 Å². The number of carbonyl (C=O) groups excluding carboxylic acids is 3. The largest absolute Gasteiger partial charge is 0.368 e. The maximum absolute atomic E-state index is 13.1. The Morgan fingerprint density at radius 2 is 1.71 bits per heavy atom. The summed E-state index contributed by atoms with van der Waals surface area (Å²) in [5.41, 5.74) is 0.594. The van der Waals surface area contributed by atoms with Crippen LogP contribution in [0, 0.1) is 15.5 Å². The van der Waals surface area contributed by atoms with Crippen molar-refractivity contribution in [2.75, 3.05) is 29.4 Å². The summed E-state index contributed by atoms with van der Waals surface area (Å²) in [6, 6.07) is 12.8. The van der Waals surface area contributed by atoms with Gasteiger partial charge in [-0.15, -0.1) is 0 Å². The molecule has 1 spiro atoms. The number of para-hydroxylation sites is 1. The lowest BCUT2D eigenvalue weighted by atomic mass is 9.68. The highest BCUT2D eigenvalue weighted by molar-refractivity contribution is 6.20. The molecule has 2 aromatic carbocycles. The van der Waals surface area contributed by atoms with Crippen LogP contribution in [0.5, 0.6) is 0 Å². The van der Waals surface area contributed by atoms with Crippen LogP contribution in [0.15, 0.2) is 48.5 Å². The molecule has 4 amide bonds. The van der Waals surface area contributed by atoms with Gasteiger partial charge in [0.15, 0.2) is 5.41 Å². The molecule has 1 atom stereocenters. The third kappa shape index (κ3) is 2.82. The molecule has 5 rings (SSSR count). The molecule has 10 nitrogen and oxygen atoms in total. The van der Waals surface area contributed by atoms with Gasteiger partial charge in [-0.2, -0.15) is 0 Å². The number of rotatable bonds is 2. The Morgan fingerprint density at radius 1 is 1.00 bits per heavy atom. The normalized spacial score (nSPS) is 21.8. The number of nitro groups is 1. The van der Waals surface area contributed by atoms with Gasteiger partial charge >= 0.3 is 6.03 Å². The first-order valence-corrected chi connectivity index (χ1v) is 9.91. The molecule has 0 aromatic heterocycles. The van der Waals surface area contributed by atoms with E-state index in [1.165, 1.54) is 12.1 Å². The second kappa shape index (κ2) is 6.79. The van der Waals surface area contributed by atoms with E-state index >= 15 is 0 Å². The maximum atomic E-state index is 13.1. The summed E-state index contributed by atoms with van der Waals surface area (Å²) in [4.78, 5) is 52.9. The standard InChI is InChI=1S/C21H19N5O5/c27-18-21(19(28)23-20(29)22-18)11-13-10-15(26(30)31)6-7-16(13)25-9-8-24(12-17(21)25)14-4-2-1-3-5-14/h1-7,10,17H,8-9,11-12H2,(H2,22,23,27,28,29). The van der Waals surface area contributed by atoms with Crippen LogP contribution in [0.25, 0.3) is 0 Å². The third-order valence-electron chi connectivity index (χ3n) is 6.39. The highest BCUT2D eigenvalue weighted by Crippen LogP contribution is 2.45. The van der Waals surface area contributed by atoms with E-state index in [1.807, 2.05) is 35.2 Å². The number of carbonyl (C=O) groups is 3. The summed E-state index contributed by atoms with van der Waals surface area (Å²) >= 11 is 0. The topological polar surface area (TPSA) is 125 Å². The summed E-state index contributed by atoms with van der Waals surface area (Å²) < 4.78 is 0. The van der Waals surface area contributed by atoms with Crippen LogP contribution in [0.1, 0.15) is 5.56 Å². The number of anilines is 2. The van der Waals surface area contributed by atoms with E-state index in [1.54, 1.807) is 6.07 Å². The third-order valence-corrected chi connectivity index (χ3v) is 6.39. The number of barbiturate groups is 1. The van der Waals surface area contributed by atoms with E-state index in [2.05, 4.69) is 15.5 Å². The minimum absolute atomic E-state index is 0.0290. The zero-order chi connectivity index (χ0) is 21.8. The minimum Gasteiger partial charge on any atom is -0.368 e. The van der Waals surface area contributed by atoms with Crippen molar-refractivity contribution in [1.29, 1.82) is 0 Å². The van der Waals surface area contributed by atoms with Crippen LogP contribution < -0.4 is 20.4 Å². The molecule has 0 radical (unpaired) electrons. The van der Waals surface area contributed by atoms with Gasteiger partial charge in [0.2, 0.25) is 11.8 Å². The number of urea groups is 1. The van der Waals surface area contributed by atoms with Crippen molar-refractivity contribution in [3.8, 4) is 0 Å². The molecule has 0 aliphatic carbocycles. The van der Waals surface area contributed by atoms with E-state index in [0.29, 0.717) is 25.2 Å². The van der Waals surface area contributed by atoms with Crippen molar-refractivity contribution in [2.45, 2.75) is 12.5 Å². The Balaban J connectivity index is 1.63. The number of nitro benzene ring substituents is 1. The molecule has 1 unspecified atom stereocenters. The summed E-state index contributed by atoms with van der Waals surface area (Å²) in [5.74, 6) is -1.35. The van der Waals surface area contributed by atoms with Gasteiger partial charge in [0.25, 0.3) is 5.69 Å². The van der Waals surface area contributed by atoms with Crippen molar-refractivity contribution < 1.29 is 19.3 Å². The second-order valence-electron chi connectivity index (χ2n) is 7.95. The number of hydrogen-bond donors (Lipinski definition) is 2. The molecule has 158 valence electrons. The molecule has 2 aromatic rings. The Bertz CT molecular complexity index is 1100. The van der Waals surface area contributed by atoms with Crippen molar-refractivity contribution in [3.63, 3.8) is 0 Å². The molecule has 0 saturated carbocycles. The summed E-state index contributed by atoms with van der Waals surface area (Å²) in [5, 5.41) is 15.8. The number of fused-ring (bicyclic) bond motifs is 4. The van der Waals surface area contributed by atoms with E-state index in [-0.39, 0.29) is 12.1 Å². The fourth-order valence-electron chi connectivity index (χ4n) is 4.92. The average molecular weight is 421 g/mol. The lowest BCUT2D eigenvalue weighted by Gasteiger charge is -2.54. The highest BCUT2D eigenvalue weighted by Gasteiger charge is 2.61. The molecule has 3 aliphatic heterocycles. The first-order valence-electron chi connectivity index (χ1n) is 9.91. The maximum Gasteiger partial charge on any atom is 0.328 e. The van der Waals surface area contributed by atoms with Crippen molar-refractivity contribution >= 4 is 34.9 Å². The first kappa shape index (κ1) is 19.0. The predicted octanol–water partition coefficient (Wildman–Crippen LogP) is 1.20. The molecule has 10 heteroatoms. The summed E-state index contributed by atoms with van der Waals surface area (Å²) in [6.45, 7) is 1.55. The fourth-order valence-corrected chi connectivity index (χ4v) is 4.92. The molecule has 2 N–H and O–H groups in total. The minimum atomic E-state index is -1.58. The highest BCUT2D eigenvalue weighted by atomic mass is 16.6. The number of imide groups is 2. The van der Waals surface area contributed by atoms with Gasteiger partial charge in [0.1, 0.15) is 0 Å². The molecule has 2 fully saturated rings. The molecule has 2 saturated heterocycles. The van der Waals surface area contributed by atoms with Crippen LogP contribution in [0.2, 0.25) is 0 Å². The second-order valence-corrected chi connectivity index (χ2v) is 7.95. The zero-order valence-electron chi connectivity index (χ0n) is 16.4. The monoisotopic (exact) mass is 421 g/mol. The average Bonchev–Trinajstić information content (AvgIpc) is 2.77. The first-order chi connectivity index (χ1) is 14.9. The van der Waals surface area contributed by atoms with E-state index in [0.717, 1.165) is 11.4 Å². The van der Waals surface area contributed by atoms with Gasteiger partial charge in [-0.3, -0.25) is 30.3 Å². The molecule has 0 bridgehead atoms. The van der Waals surface area contributed by atoms with Crippen molar-refractivity contribution in [3.05, 3.63) is 64.2 Å². The van der Waals surface area contributed by atoms with E-state index in [4.69, 9.17) is 0 Å². The van der Waals surface area contributed by atoms with Crippen LogP contribution in [-0.4, -0.2) is 48.4 Å². The number of non-ortho nitro benzene ring substituents is 1. The molecule has 31 heavy (non-hydrogen) atoms. The number of benzene rings is 2. The van der Waals surface area contributed by atoms with Crippen LogP contribution in [0.4, 0.5) is 21.9 Å². The van der Waals surface area contributed by atoms with Gasteiger partial charge < -0.3 is 9.80 Å². The van der Waals surface area contributed by atoms with Gasteiger partial charge in [-0.1, -0.05) is 18.2 Å². The number of piperazine rings is 1. The van der Waals surface area contributed by atoms with Gasteiger partial charge in [0, 0.05) is 49.6 Å². The van der Waals surface area contributed by atoms with Crippen LogP contribution >= 0.6 is 0 Å². The van der Waals surface area contributed by atoms with E-state index < -0.39 is 34.2 Å². The number of nitrogens with zero attached hydrogens (tertiary/aromatic N) is 3.